The third-order valence-corrected chi connectivity index (χ3v) is 5.58. The van der Waals surface area contributed by atoms with Gasteiger partial charge in [-0.25, -0.2) is 4.39 Å². The molecular weight excluding hydrogens is 385 g/mol. The first-order valence-electron chi connectivity index (χ1n) is 9.95. The average molecular weight is 409 g/mol. The third kappa shape index (κ3) is 3.37. The number of nitrogens with zero attached hydrogens (tertiary/aromatic N) is 1. The van der Waals surface area contributed by atoms with E-state index in [1.807, 2.05) is 38.1 Å². The van der Waals surface area contributed by atoms with Crippen molar-refractivity contribution >= 4 is 5.97 Å². The van der Waals surface area contributed by atoms with Crippen molar-refractivity contribution in [3.05, 3.63) is 82.4 Å². The molecule has 0 radical (unpaired) electrons. The average Bonchev–Trinajstić information content (AvgIpc) is 3.14. The number of fused-ring (bicyclic) bond motifs is 3. The molecule has 2 unspecified atom stereocenters. The second-order valence-electron chi connectivity index (χ2n) is 7.47. The topological polar surface area (TPSA) is 60.7 Å². The van der Waals surface area contributed by atoms with Crippen molar-refractivity contribution in [1.82, 2.24) is 4.57 Å². The Morgan fingerprint density at radius 1 is 1.23 bits per heavy atom. The van der Waals surface area contributed by atoms with Crippen molar-refractivity contribution in [2.75, 3.05) is 7.11 Å². The van der Waals surface area contributed by atoms with Gasteiger partial charge in [-0.05, 0) is 42.7 Å². The van der Waals surface area contributed by atoms with Crippen LogP contribution in [0.2, 0.25) is 0 Å². The molecule has 0 amide bonds. The van der Waals surface area contributed by atoms with Gasteiger partial charge < -0.3 is 19.1 Å². The fourth-order valence-corrected chi connectivity index (χ4v) is 4.22. The fourth-order valence-electron chi connectivity index (χ4n) is 4.22. The van der Waals surface area contributed by atoms with E-state index in [2.05, 4.69) is 0 Å². The van der Waals surface area contributed by atoms with Gasteiger partial charge in [0.15, 0.2) is 0 Å². The van der Waals surface area contributed by atoms with Crippen LogP contribution in [0, 0.1) is 12.7 Å². The van der Waals surface area contributed by atoms with Crippen LogP contribution in [0.3, 0.4) is 0 Å². The minimum Gasteiger partial charge on any atom is -0.496 e. The van der Waals surface area contributed by atoms with Crippen LogP contribution in [0.25, 0.3) is 5.69 Å². The highest BCUT2D eigenvalue weighted by molar-refractivity contribution is 5.68. The van der Waals surface area contributed by atoms with E-state index in [-0.39, 0.29) is 12.2 Å². The molecule has 0 bridgehead atoms. The number of halogens is 1. The van der Waals surface area contributed by atoms with Crippen LogP contribution in [-0.2, 0) is 16.0 Å². The molecule has 1 aliphatic heterocycles. The van der Waals surface area contributed by atoms with Crippen LogP contribution >= 0.6 is 0 Å². The predicted molar refractivity (Wildman–Crippen MR) is 111 cm³/mol. The molecule has 1 N–H and O–H groups in total. The molecule has 1 aliphatic rings. The van der Waals surface area contributed by atoms with Crippen molar-refractivity contribution in [3.8, 4) is 11.4 Å². The first-order chi connectivity index (χ1) is 14.4. The van der Waals surface area contributed by atoms with Crippen LogP contribution in [0.15, 0.2) is 48.7 Å². The molecule has 0 saturated carbocycles. The van der Waals surface area contributed by atoms with E-state index in [0.29, 0.717) is 29.1 Å². The van der Waals surface area contributed by atoms with Crippen LogP contribution in [0.5, 0.6) is 5.75 Å². The van der Waals surface area contributed by atoms with Crippen LogP contribution in [-0.4, -0.2) is 22.8 Å². The van der Waals surface area contributed by atoms with Crippen molar-refractivity contribution < 1.29 is 23.8 Å². The Labute approximate surface area is 174 Å². The molecule has 0 fully saturated rings. The van der Waals surface area contributed by atoms with Gasteiger partial charge in [0.1, 0.15) is 23.8 Å². The zero-order chi connectivity index (χ0) is 21.4. The number of carboxylic acid groups (broad SMARTS) is 1. The summed E-state index contributed by atoms with van der Waals surface area (Å²) in [5, 5.41) is 9.49. The molecule has 1 aromatic heterocycles. The minimum atomic E-state index is -0.983. The summed E-state index contributed by atoms with van der Waals surface area (Å²) < 4.78 is 29.2. The van der Waals surface area contributed by atoms with E-state index in [4.69, 9.17) is 9.47 Å². The second kappa shape index (κ2) is 7.95. The molecule has 0 spiro atoms. The van der Waals surface area contributed by atoms with Crippen molar-refractivity contribution in [3.63, 3.8) is 0 Å². The Hall–Kier alpha value is -3.12. The van der Waals surface area contributed by atoms with Gasteiger partial charge in [-0.3, -0.25) is 4.79 Å². The summed E-state index contributed by atoms with van der Waals surface area (Å²) >= 11 is 0. The number of methoxy groups -OCH3 is 1. The Balaban J connectivity index is 2.01. The van der Waals surface area contributed by atoms with Gasteiger partial charge in [0, 0.05) is 17.3 Å². The molecule has 2 heterocycles. The Kier molecular flexibility index (Phi) is 5.35. The molecule has 0 aliphatic carbocycles. The number of hydrogen-bond acceptors (Lipinski definition) is 3. The first-order valence-corrected chi connectivity index (χ1v) is 9.95. The molecule has 6 heteroatoms. The van der Waals surface area contributed by atoms with E-state index in [1.54, 1.807) is 30.0 Å². The Bertz CT molecular complexity index is 1100. The number of para-hydroxylation sites is 1. The largest absolute Gasteiger partial charge is 0.496 e. The predicted octanol–water partition coefficient (Wildman–Crippen LogP) is 5.13. The SMILES string of the molecule is CCc1cc(F)c2c(c1)C(c1cccc(C)c1OC)OC(CC(=O)O)c1cccn1-2. The number of ether oxygens (including phenoxy) is 2. The molecule has 5 nitrogen and oxygen atoms in total. The van der Waals surface area contributed by atoms with Crippen LogP contribution in [0.4, 0.5) is 4.39 Å². The minimum absolute atomic E-state index is 0.231. The molecular formula is C24H24FNO4. The number of carbonyl (C=O) groups is 1. The summed E-state index contributed by atoms with van der Waals surface area (Å²) in [5.74, 6) is -0.696. The monoisotopic (exact) mass is 409 g/mol. The molecule has 2 aromatic carbocycles. The zero-order valence-corrected chi connectivity index (χ0v) is 17.2. The highest BCUT2D eigenvalue weighted by Crippen LogP contribution is 2.45. The van der Waals surface area contributed by atoms with E-state index < -0.39 is 18.2 Å². The van der Waals surface area contributed by atoms with Crippen molar-refractivity contribution in [2.24, 2.45) is 0 Å². The van der Waals surface area contributed by atoms with Crippen molar-refractivity contribution in [2.45, 2.75) is 38.9 Å². The molecule has 30 heavy (non-hydrogen) atoms. The summed E-state index contributed by atoms with van der Waals surface area (Å²) in [6, 6.07) is 12.7. The lowest BCUT2D eigenvalue weighted by Crippen LogP contribution is -2.15. The number of benzene rings is 2. The normalized spacial score (nSPS) is 17.7. The van der Waals surface area contributed by atoms with Gasteiger partial charge in [0.25, 0.3) is 0 Å². The highest BCUT2D eigenvalue weighted by Gasteiger charge is 2.34. The van der Waals surface area contributed by atoms with Gasteiger partial charge >= 0.3 is 5.97 Å². The van der Waals surface area contributed by atoms with Gasteiger partial charge in [-0.1, -0.05) is 31.2 Å². The summed E-state index contributed by atoms with van der Waals surface area (Å²) in [6.45, 7) is 3.90. The molecule has 4 rings (SSSR count). The van der Waals surface area contributed by atoms with Crippen molar-refractivity contribution in [1.29, 1.82) is 0 Å². The Morgan fingerprint density at radius 3 is 2.73 bits per heavy atom. The number of carboxylic acids is 1. The van der Waals surface area contributed by atoms with E-state index in [0.717, 1.165) is 16.7 Å². The number of aliphatic carboxylic acids is 1. The maximum absolute atomic E-state index is 15.4. The van der Waals surface area contributed by atoms with E-state index in [9.17, 15) is 9.90 Å². The number of aromatic nitrogens is 1. The number of aryl methyl sites for hydroxylation is 2. The molecule has 156 valence electrons. The van der Waals surface area contributed by atoms with Crippen LogP contribution in [0.1, 0.15) is 53.5 Å². The summed E-state index contributed by atoms with van der Waals surface area (Å²) in [6.07, 6.45) is 0.755. The van der Waals surface area contributed by atoms with Crippen LogP contribution < -0.4 is 4.74 Å². The maximum atomic E-state index is 15.4. The molecule has 3 aromatic rings. The summed E-state index contributed by atoms with van der Waals surface area (Å²) in [7, 11) is 1.59. The lowest BCUT2D eigenvalue weighted by Gasteiger charge is -2.25. The zero-order valence-electron chi connectivity index (χ0n) is 17.2. The quantitative estimate of drug-likeness (QED) is 0.635. The van der Waals surface area contributed by atoms with E-state index in [1.165, 1.54) is 6.07 Å². The highest BCUT2D eigenvalue weighted by atomic mass is 19.1. The Morgan fingerprint density at radius 2 is 2.03 bits per heavy atom. The third-order valence-electron chi connectivity index (χ3n) is 5.58. The smallest absolute Gasteiger partial charge is 0.306 e. The standard InChI is InChI=1S/C24H24FNO4/c1-4-15-11-17-22(18(25)12-15)26-10-6-9-19(26)20(13-21(27)28)30-24(17)16-8-5-7-14(2)23(16)29-3/h5-12,20,24H,4,13H2,1-3H3,(H,27,28). The summed E-state index contributed by atoms with van der Waals surface area (Å²) in [4.78, 5) is 11.6. The number of rotatable bonds is 5. The molecule has 2 atom stereocenters. The van der Waals surface area contributed by atoms with Gasteiger partial charge in [0.2, 0.25) is 0 Å². The number of hydrogen-bond donors (Lipinski definition) is 1. The van der Waals surface area contributed by atoms with Gasteiger partial charge in [0.05, 0.1) is 24.9 Å². The van der Waals surface area contributed by atoms with Gasteiger partial charge in [-0.2, -0.15) is 0 Å². The lowest BCUT2D eigenvalue weighted by molar-refractivity contribution is -0.141. The second-order valence-corrected chi connectivity index (χ2v) is 7.47. The maximum Gasteiger partial charge on any atom is 0.306 e. The fraction of sp³-hybridized carbons (Fsp3) is 0.292. The summed E-state index contributed by atoms with van der Waals surface area (Å²) in [5.41, 5.74) is 4.15. The lowest BCUT2D eigenvalue weighted by atomic mass is 9.94. The van der Waals surface area contributed by atoms with Gasteiger partial charge in [-0.15, -0.1) is 0 Å². The van der Waals surface area contributed by atoms with E-state index >= 15 is 4.39 Å². The molecule has 0 saturated heterocycles. The first kappa shape index (κ1) is 20.2.